The number of nitrogens with one attached hydrogen (secondary N) is 1. The lowest BCUT2D eigenvalue weighted by molar-refractivity contribution is 0.836. The van der Waals surface area contributed by atoms with E-state index in [1.165, 1.54) is 43.4 Å². The molecule has 1 N–H and O–H groups in total. The summed E-state index contributed by atoms with van der Waals surface area (Å²) in [6.07, 6.45) is 13.6. The first-order valence-corrected chi connectivity index (χ1v) is 8.92. The number of benzene rings is 2. The van der Waals surface area contributed by atoms with E-state index in [0.29, 0.717) is 5.92 Å². The van der Waals surface area contributed by atoms with Crippen molar-refractivity contribution in [3.8, 4) is 0 Å². The molecule has 0 unspecified atom stereocenters. The van der Waals surface area contributed by atoms with Crippen molar-refractivity contribution in [1.82, 2.24) is 4.98 Å². The van der Waals surface area contributed by atoms with Gasteiger partial charge in [-0.3, -0.25) is 0 Å². The van der Waals surface area contributed by atoms with Crippen molar-refractivity contribution in [3.05, 3.63) is 82.9 Å². The van der Waals surface area contributed by atoms with E-state index in [1.807, 2.05) is 6.08 Å². The maximum atomic E-state index is 3.71. The molecule has 0 atom stereocenters. The molecule has 1 heterocycles. The predicted molar refractivity (Wildman–Crippen MR) is 110 cm³/mol. The Kier molecular flexibility index (Phi) is 3.93. The fraction of sp³-hybridized carbons (Fsp3) is 0.167. The van der Waals surface area contributed by atoms with Gasteiger partial charge in [0.25, 0.3) is 0 Å². The van der Waals surface area contributed by atoms with Gasteiger partial charge in [-0.25, -0.2) is 0 Å². The van der Waals surface area contributed by atoms with Crippen molar-refractivity contribution in [2.45, 2.75) is 26.2 Å². The summed E-state index contributed by atoms with van der Waals surface area (Å²) in [6, 6.07) is 11.3. The summed E-state index contributed by atoms with van der Waals surface area (Å²) in [4.78, 5) is 3.56. The van der Waals surface area contributed by atoms with Crippen molar-refractivity contribution in [1.29, 1.82) is 0 Å². The molecule has 4 rings (SSSR count). The summed E-state index contributed by atoms with van der Waals surface area (Å²) in [7, 11) is 0. The summed E-state index contributed by atoms with van der Waals surface area (Å²) < 4.78 is 0. The zero-order valence-electron chi connectivity index (χ0n) is 14.8. The van der Waals surface area contributed by atoms with Gasteiger partial charge in [-0.05, 0) is 51.3 Å². The van der Waals surface area contributed by atoms with Crippen LogP contribution in [0.15, 0.2) is 66.8 Å². The molecule has 2 aromatic carbocycles. The molecule has 1 heteroatoms. The molecule has 3 aromatic rings. The maximum Gasteiger partial charge on any atom is 0.0462 e. The second-order valence-corrected chi connectivity index (χ2v) is 6.98. The minimum Gasteiger partial charge on any atom is -0.358 e. The summed E-state index contributed by atoms with van der Waals surface area (Å²) in [5.74, 6) is 0.510. The lowest BCUT2D eigenvalue weighted by Crippen LogP contribution is -2.27. The highest BCUT2D eigenvalue weighted by Gasteiger charge is 2.09. The molecule has 1 aliphatic carbocycles. The Morgan fingerprint density at radius 1 is 1.04 bits per heavy atom. The lowest BCUT2D eigenvalue weighted by atomic mass is 9.96. The highest BCUT2D eigenvalue weighted by Crippen LogP contribution is 2.27. The zero-order chi connectivity index (χ0) is 17.4. The summed E-state index contributed by atoms with van der Waals surface area (Å²) in [5.41, 5.74) is 3.86. The molecule has 0 radical (unpaired) electrons. The van der Waals surface area contributed by atoms with Crippen LogP contribution in [0.5, 0.6) is 0 Å². The quantitative estimate of drug-likeness (QED) is 0.647. The van der Waals surface area contributed by atoms with Gasteiger partial charge in [-0.2, -0.15) is 0 Å². The van der Waals surface area contributed by atoms with Gasteiger partial charge in [0.2, 0.25) is 0 Å². The minimum absolute atomic E-state index is 0.510. The first-order chi connectivity index (χ1) is 12.2. The zero-order valence-corrected chi connectivity index (χ0v) is 14.8. The average molecular weight is 325 g/mol. The molecule has 0 spiro atoms. The first kappa shape index (κ1) is 15.7. The molecular weight excluding hydrogens is 302 g/mol. The third-order valence-electron chi connectivity index (χ3n) is 4.96. The van der Waals surface area contributed by atoms with Gasteiger partial charge in [0.1, 0.15) is 0 Å². The van der Waals surface area contributed by atoms with Crippen LogP contribution in [0.1, 0.15) is 31.9 Å². The van der Waals surface area contributed by atoms with Crippen LogP contribution < -0.4 is 10.4 Å². The fourth-order valence-corrected chi connectivity index (χ4v) is 3.60. The SMILES string of the molecule is C=C/C=C\C=C1\C=c2ccc3c(ccc4[nH]c(C(C)C)cc43)c2=CC1. The Morgan fingerprint density at radius 2 is 1.88 bits per heavy atom. The van der Waals surface area contributed by atoms with E-state index >= 15 is 0 Å². The van der Waals surface area contributed by atoms with Gasteiger partial charge in [-0.15, -0.1) is 0 Å². The van der Waals surface area contributed by atoms with E-state index in [9.17, 15) is 0 Å². The van der Waals surface area contributed by atoms with E-state index in [2.05, 4.69) is 80.0 Å². The molecule has 124 valence electrons. The highest BCUT2D eigenvalue weighted by atomic mass is 14.7. The Balaban J connectivity index is 1.93. The van der Waals surface area contributed by atoms with Gasteiger partial charge in [-0.1, -0.05) is 75.1 Å². The summed E-state index contributed by atoms with van der Waals surface area (Å²) >= 11 is 0. The van der Waals surface area contributed by atoms with Crippen LogP contribution in [0.2, 0.25) is 0 Å². The second kappa shape index (κ2) is 6.25. The van der Waals surface area contributed by atoms with Crippen molar-refractivity contribution in [3.63, 3.8) is 0 Å². The lowest BCUT2D eigenvalue weighted by Gasteiger charge is -2.08. The van der Waals surface area contributed by atoms with Crippen LogP contribution in [0.25, 0.3) is 33.8 Å². The molecule has 1 nitrogen and oxygen atoms in total. The van der Waals surface area contributed by atoms with E-state index in [4.69, 9.17) is 0 Å². The van der Waals surface area contributed by atoms with E-state index in [0.717, 1.165) is 6.42 Å². The minimum atomic E-state index is 0.510. The molecule has 0 fully saturated rings. The van der Waals surface area contributed by atoms with Gasteiger partial charge in [0, 0.05) is 16.6 Å². The Labute approximate surface area is 148 Å². The second-order valence-electron chi connectivity index (χ2n) is 6.98. The number of hydrogen-bond acceptors (Lipinski definition) is 0. The number of hydrogen-bond donors (Lipinski definition) is 1. The Morgan fingerprint density at radius 3 is 2.68 bits per heavy atom. The van der Waals surface area contributed by atoms with Gasteiger partial charge < -0.3 is 4.98 Å². The summed E-state index contributed by atoms with van der Waals surface area (Å²) in [6.45, 7) is 8.17. The number of rotatable bonds is 3. The van der Waals surface area contributed by atoms with Crippen molar-refractivity contribution >= 4 is 33.8 Å². The molecular formula is C24H23N. The van der Waals surface area contributed by atoms with Crippen LogP contribution in [0, 0.1) is 0 Å². The van der Waals surface area contributed by atoms with Gasteiger partial charge in [0.05, 0.1) is 0 Å². The largest absolute Gasteiger partial charge is 0.358 e. The number of aromatic nitrogens is 1. The van der Waals surface area contributed by atoms with Crippen LogP contribution in [0.3, 0.4) is 0 Å². The fourth-order valence-electron chi connectivity index (χ4n) is 3.60. The molecule has 25 heavy (non-hydrogen) atoms. The van der Waals surface area contributed by atoms with Crippen LogP contribution in [0.4, 0.5) is 0 Å². The molecule has 0 amide bonds. The third-order valence-corrected chi connectivity index (χ3v) is 4.96. The molecule has 0 saturated heterocycles. The monoisotopic (exact) mass is 325 g/mol. The molecule has 0 aliphatic heterocycles. The normalized spacial score (nSPS) is 15.7. The highest BCUT2D eigenvalue weighted by molar-refractivity contribution is 6.07. The van der Waals surface area contributed by atoms with Crippen LogP contribution in [-0.4, -0.2) is 4.98 Å². The maximum absolute atomic E-state index is 3.71. The van der Waals surface area contributed by atoms with Gasteiger partial charge in [0.15, 0.2) is 0 Å². The average Bonchev–Trinajstić information content (AvgIpc) is 3.06. The van der Waals surface area contributed by atoms with E-state index in [-0.39, 0.29) is 0 Å². The molecule has 1 aliphatic rings. The predicted octanol–water partition coefficient (Wildman–Crippen LogP) is 5.08. The van der Waals surface area contributed by atoms with E-state index in [1.54, 1.807) is 6.08 Å². The smallest absolute Gasteiger partial charge is 0.0462 e. The van der Waals surface area contributed by atoms with Crippen LogP contribution in [-0.2, 0) is 0 Å². The Bertz CT molecular complexity index is 1150. The number of aromatic amines is 1. The molecule has 0 bridgehead atoms. The standard InChI is InChI=1S/C24H23N/c1-4-5-6-7-17-8-10-19-18(14-17)9-11-21-20(19)12-13-23-22(21)15-24(25-23)16(2)3/h4-7,9-16,25H,1,8H2,2-3H3/b6-5-,17-7+. The molecule has 1 aromatic heterocycles. The number of H-pyrrole nitrogens is 1. The third kappa shape index (κ3) is 2.76. The van der Waals surface area contributed by atoms with Crippen molar-refractivity contribution < 1.29 is 0 Å². The van der Waals surface area contributed by atoms with Gasteiger partial charge >= 0.3 is 0 Å². The molecule has 0 saturated carbocycles. The first-order valence-electron chi connectivity index (χ1n) is 8.92. The number of allylic oxidation sites excluding steroid dienone is 5. The summed E-state index contributed by atoms with van der Waals surface area (Å²) in [5, 5.41) is 6.67. The topological polar surface area (TPSA) is 15.8 Å². The van der Waals surface area contributed by atoms with Crippen molar-refractivity contribution in [2.75, 3.05) is 0 Å². The number of fused-ring (bicyclic) bond motifs is 5. The van der Waals surface area contributed by atoms with Crippen LogP contribution >= 0.6 is 0 Å². The Hall–Kier alpha value is -2.80. The van der Waals surface area contributed by atoms with E-state index < -0.39 is 0 Å². The van der Waals surface area contributed by atoms with Crippen molar-refractivity contribution in [2.24, 2.45) is 0 Å².